The van der Waals surface area contributed by atoms with Gasteiger partial charge in [0, 0.05) is 26.2 Å². The Bertz CT molecular complexity index is 806. The molecular formula is C20H29FN2O4S. The quantitative estimate of drug-likeness (QED) is 0.775. The third-order valence-electron chi connectivity index (χ3n) is 5.99. The number of amides is 1. The van der Waals surface area contributed by atoms with Gasteiger partial charge in [0.15, 0.2) is 0 Å². The first kappa shape index (κ1) is 21.0. The van der Waals surface area contributed by atoms with Gasteiger partial charge in [-0.2, -0.15) is 4.31 Å². The van der Waals surface area contributed by atoms with E-state index in [-0.39, 0.29) is 0 Å². The molecule has 2 aliphatic rings. The van der Waals surface area contributed by atoms with Crippen LogP contribution in [0.3, 0.4) is 0 Å². The Hall–Kier alpha value is -1.67. The summed E-state index contributed by atoms with van der Waals surface area (Å²) in [6.07, 6.45) is 3.87. The van der Waals surface area contributed by atoms with Gasteiger partial charge in [-0.3, -0.25) is 0 Å². The topological polar surface area (TPSA) is 77.9 Å². The van der Waals surface area contributed by atoms with Crippen LogP contribution in [0.5, 0.6) is 0 Å². The van der Waals surface area contributed by atoms with Crippen LogP contribution in [-0.2, 0) is 23.0 Å². The van der Waals surface area contributed by atoms with Crippen LogP contribution in [0.4, 0.5) is 9.18 Å². The summed E-state index contributed by atoms with van der Waals surface area (Å²) in [6.45, 7) is 1.96. The molecule has 2 heterocycles. The maximum Gasteiger partial charge on any atom is 0.407 e. The molecule has 0 aliphatic carbocycles. The maximum absolute atomic E-state index is 14.7. The predicted molar refractivity (Wildman–Crippen MR) is 105 cm³/mol. The van der Waals surface area contributed by atoms with E-state index in [2.05, 4.69) is 0 Å². The van der Waals surface area contributed by atoms with Crippen molar-refractivity contribution in [3.8, 4) is 0 Å². The van der Waals surface area contributed by atoms with Gasteiger partial charge >= 0.3 is 6.09 Å². The van der Waals surface area contributed by atoms with Gasteiger partial charge in [0.2, 0.25) is 10.0 Å². The molecule has 28 heavy (non-hydrogen) atoms. The van der Waals surface area contributed by atoms with Crippen LogP contribution < -0.4 is 0 Å². The predicted octanol–water partition coefficient (Wildman–Crippen LogP) is 3.58. The van der Waals surface area contributed by atoms with E-state index in [1.807, 2.05) is 12.1 Å². The maximum atomic E-state index is 14.7. The smallest absolute Gasteiger partial charge is 0.407 e. The van der Waals surface area contributed by atoms with Crippen molar-refractivity contribution in [3.63, 3.8) is 0 Å². The van der Waals surface area contributed by atoms with Crippen molar-refractivity contribution in [3.05, 3.63) is 34.9 Å². The number of alkyl halides is 1. The first-order valence-corrected chi connectivity index (χ1v) is 11.8. The second kappa shape index (κ2) is 8.78. The summed E-state index contributed by atoms with van der Waals surface area (Å²) >= 11 is 0. The standard InChI is InChI=1S/C20H29FN2O4S/c1-28(26,27)23-12-9-16-13-17(5-6-18(16)14-23)19(21)4-2-3-15-7-10-22(11-8-15)20(24)25/h5-6,13,15,19H,2-4,7-12,14H2,1H3,(H,24,25). The number of likely N-dealkylation sites (tertiary alicyclic amines) is 1. The SMILES string of the molecule is CS(=O)(=O)N1CCc2cc(C(F)CCCC3CCN(C(=O)O)CC3)ccc2C1. The Morgan fingerprint density at radius 2 is 1.96 bits per heavy atom. The molecule has 1 N–H and O–H groups in total. The molecule has 3 rings (SSSR count). The first-order chi connectivity index (χ1) is 13.2. The number of rotatable bonds is 6. The van der Waals surface area contributed by atoms with Crippen LogP contribution in [-0.4, -0.2) is 54.7 Å². The second-order valence-corrected chi connectivity index (χ2v) is 9.97. The molecule has 1 aromatic carbocycles. The second-order valence-electron chi connectivity index (χ2n) is 7.99. The molecule has 1 aromatic rings. The van der Waals surface area contributed by atoms with E-state index < -0.39 is 22.3 Å². The van der Waals surface area contributed by atoms with E-state index in [9.17, 15) is 17.6 Å². The van der Waals surface area contributed by atoms with Crippen molar-refractivity contribution >= 4 is 16.1 Å². The minimum atomic E-state index is -3.20. The average molecular weight is 413 g/mol. The molecule has 0 bridgehead atoms. The Balaban J connectivity index is 1.48. The molecule has 1 unspecified atom stereocenters. The van der Waals surface area contributed by atoms with Gasteiger partial charge in [-0.1, -0.05) is 24.6 Å². The molecule has 0 radical (unpaired) electrons. The van der Waals surface area contributed by atoms with E-state index in [1.54, 1.807) is 6.07 Å². The third kappa shape index (κ3) is 5.23. The van der Waals surface area contributed by atoms with Crippen molar-refractivity contribution in [2.45, 2.75) is 51.2 Å². The highest BCUT2D eigenvalue weighted by Gasteiger charge is 2.25. The lowest BCUT2D eigenvalue weighted by Gasteiger charge is -2.30. The van der Waals surface area contributed by atoms with E-state index >= 15 is 0 Å². The molecule has 156 valence electrons. The molecule has 1 fully saturated rings. The number of piperidine rings is 1. The van der Waals surface area contributed by atoms with E-state index in [1.165, 1.54) is 15.5 Å². The zero-order valence-electron chi connectivity index (χ0n) is 16.3. The summed E-state index contributed by atoms with van der Waals surface area (Å²) in [5.41, 5.74) is 2.67. The van der Waals surface area contributed by atoms with Gasteiger partial charge in [-0.05, 0) is 54.7 Å². The van der Waals surface area contributed by atoms with Crippen molar-refractivity contribution in [2.75, 3.05) is 25.9 Å². The number of carbonyl (C=O) groups is 1. The Morgan fingerprint density at radius 1 is 1.25 bits per heavy atom. The Morgan fingerprint density at radius 3 is 2.61 bits per heavy atom. The number of fused-ring (bicyclic) bond motifs is 1. The highest BCUT2D eigenvalue weighted by atomic mass is 32.2. The first-order valence-electron chi connectivity index (χ1n) is 9.93. The van der Waals surface area contributed by atoms with E-state index in [0.717, 1.165) is 36.8 Å². The van der Waals surface area contributed by atoms with Gasteiger partial charge < -0.3 is 10.0 Å². The highest BCUT2D eigenvalue weighted by Crippen LogP contribution is 2.30. The fraction of sp³-hybridized carbons (Fsp3) is 0.650. The molecule has 2 aliphatic heterocycles. The van der Waals surface area contributed by atoms with Gasteiger partial charge in [-0.15, -0.1) is 0 Å². The molecule has 0 saturated carbocycles. The fourth-order valence-corrected chi connectivity index (χ4v) is 4.99. The number of hydrogen-bond acceptors (Lipinski definition) is 3. The van der Waals surface area contributed by atoms with Gasteiger partial charge in [-0.25, -0.2) is 17.6 Å². The van der Waals surface area contributed by atoms with Crippen LogP contribution in [0.1, 0.15) is 55.0 Å². The summed E-state index contributed by atoms with van der Waals surface area (Å²) in [4.78, 5) is 12.4. The lowest BCUT2D eigenvalue weighted by atomic mass is 9.90. The van der Waals surface area contributed by atoms with Crippen LogP contribution in [0.2, 0.25) is 0 Å². The molecule has 0 spiro atoms. The highest BCUT2D eigenvalue weighted by molar-refractivity contribution is 7.88. The summed E-state index contributed by atoms with van der Waals surface area (Å²) in [6, 6.07) is 5.53. The average Bonchev–Trinajstić information content (AvgIpc) is 2.66. The minimum absolute atomic E-state index is 0.362. The normalized spacial score (nSPS) is 20.0. The van der Waals surface area contributed by atoms with E-state index in [4.69, 9.17) is 5.11 Å². The summed E-state index contributed by atoms with van der Waals surface area (Å²) in [7, 11) is -3.20. The van der Waals surface area contributed by atoms with Crippen molar-refractivity contribution < 1.29 is 22.7 Å². The van der Waals surface area contributed by atoms with Gasteiger partial charge in [0.1, 0.15) is 6.17 Å². The largest absolute Gasteiger partial charge is 0.465 e. The number of sulfonamides is 1. The minimum Gasteiger partial charge on any atom is -0.465 e. The molecular weight excluding hydrogens is 383 g/mol. The van der Waals surface area contributed by atoms with Gasteiger partial charge in [0.25, 0.3) is 0 Å². The van der Waals surface area contributed by atoms with Gasteiger partial charge in [0.05, 0.1) is 6.26 Å². The number of hydrogen-bond donors (Lipinski definition) is 1. The van der Waals surface area contributed by atoms with Crippen molar-refractivity contribution in [2.24, 2.45) is 5.92 Å². The molecule has 6 nitrogen and oxygen atoms in total. The zero-order chi connectivity index (χ0) is 20.3. The van der Waals surface area contributed by atoms with Crippen molar-refractivity contribution in [1.29, 1.82) is 0 Å². The Kier molecular flexibility index (Phi) is 6.60. The van der Waals surface area contributed by atoms with Crippen LogP contribution in [0.25, 0.3) is 0 Å². The zero-order valence-corrected chi connectivity index (χ0v) is 17.1. The van der Waals surface area contributed by atoms with E-state index in [0.29, 0.717) is 50.5 Å². The molecule has 1 atom stereocenters. The summed E-state index contributed by atoms with van der Waals surface area (Å²) < 4.78 is 39.6. The van der Waals surface area contributed by atoms with Crippen molar-refractivity contribution in [1.82, 2.24) is 9.21 Å². The monoisotopic (exact) mass is 412 g/mol. The number of nitrogens with zero attached hydrogens (tertiary/aromatic N) is 2. The fourth-order valence-electron chi connectivity index (χ4n) is 4.19. The number of halogens is 1. The third-order valence-corrected chi connectivity index (χ3v) is 7.24. The summed E-state index contributed by atoms with van der Waals surface area (Å²) in [5, 5.41) is 8.98. The lowest BCUT2D eigenvalue weighted by Crippen LogP contribution is -2.37. The molecule has 1 saturated heterocycles. The lowest BCUT2D eigenvalue weighted by molar-refractivity contribution is 0.122. The number of benzene rings is 1. The van der Waals surface area contributed by atoms with Crippen LogP contribution in [0.15, 0.2) is 18.2 Å². The number of carboxylic acid groups (broad SMARTS) is 1. The van der Waals surface area contributed by atoms with Crippen LogP contribution >= 0.6 is 0 Å². The Labute approximate surface area is 166 Å². The molecule has 8 heteroatoms. The molecule has 1 amide bonds. The van der Waals surface area contributed by atoms with Crippen LogP contribution in [0, 0.1) is 5.92 Å². The summed E-state index contributed by atoms with van der Waals surface area (Å²) in [5.74, 6) is 0.480. The molecule has 0 aromatic heterocycles.